The van der Waals surface area contributed by atoms with Gasteiger partial charge in [0.1, 0.15) is 0 Å². The lowest BCUT2D eigenvalue weighted by Gasteiger charge is -2.31. The molecule has 0 radical (unpaired) electrons. The van der Waals surface area contributed by atoms with E-state index in [0.29, 0.717) is 17.3 Å². The molecule has 0 bridgehead atoms. The molecular weight excluding hydrogens is 300 g/mol. The lowest BCUT2D eigenvalue weighted by Crippen LogP contribution is -2.35. The minimum absolute atomic E-state index is 0.298. The summed E-state index contributed by atoms with van der Waals surface area (Å²) in [5.74, 6) is 1.32. The molecule has 0 aliphatic rings. The molecule has 0 saturated carbocycles. The Morgan fingerprint density at radius 2 is 1.89 bits per heavy atom. The second-order valence-electron chi connectivity index (χ2n) is 6.83. The minimum atomic E-state index is 0.298. The van der Waals surface area contributed by atoms with Crippen molar-refractivity contribution < 1.29 is 0 Å². The van der Waals surface area contributed by atoms with Crippen molar-refractivity contribution in [3.05, 3.63) is 28.5 Å². The molecule has 19 heavy (non-hydrogen) atoms. The summed E-state index contributed by atoms with van der Waals surface area (Å²) in [6.45, 7) is 13.6. The monoisotopic (exact) mass is 326 g/mol. The van der Waals surface area contributed by atoms with Crippen molar-refractivity contribution in [3.8, 4) is 0 Å². The highest BCUT2D eigenvalue weighted by Gasteiger charge is 2.24. The molecule has 0 aliphatic carbocycles. The Kier molecular flexibility index (Phi) is 6.48. The normalized spacial score (nSPS) is 13.8. The van der Waals surface area contributed by atoms with Crippen LogP contribution in [0.1, 0.15) is 40.2 Å². The number of halogens is 1. The zero-order chi connectivity index (χ0) is 14.5. The molecule has 1 heterocycles. The summed E-state index contributed by atoms with van der Waals surface area (Å²) < 4.78 is 1.06. The van der Waals surface area contributed by atoms with Crippen LogP contribution < -0.4 is 5.32 Å². The maximum atomic E-state index is 4.26. The molecule has 1 atom stereocenters. The van der Waals surface area contributed by atoms with Crippen molar-refractivity contribution in [2.24, 2.45) is 17.3 Å². The first kappa shape index (κ1) is 16.6. The molecule has 3 heteroatoms. The number of hydrogen-bond acceptors (Lipinski definition) is 2. The fourth-order valence-electron chi connectivity index (χ4n) is 2.08. The van der Waals surface area contributed by atoms with E-state index in [1.165, 1.54) is 5.56 Å². The van der Waals surface area contributed by atoms with Gasteiger partial charge in [0, 0.05) is 16.9 Å². The van der Waals surface area contributed by atoms with Crippen molar-refractivity contribution in [1.29, 1.82) is 0 Å². The summed E-state index contributed by atoms with van der Waals surface area (Å²) in [6.07, 6.45) is 4.89. The average molecular weight is 327 g/mol. The van der Waals surface area contributed by atoms with Crippen molar-refractivity contribution in [2.45, 2.75) is 41.0 Å². The molecule has 0 fully saturated rings. The lowest BCUT2D eigenvalue weighted by molar-refractivity contribution is 0.228. The first-order chi connectivity index (χ1) is 8.79. The topological polar surface area (TPSA) is 24.9 Å². The molecule has 1 aromatic rings. The van der Waals surface area contributed by atoms with Gasteiger partial charge in [0.2, 0.25) is 0 Å². The molecule has 108 valence electrons. The first-order valence-corrected chi connectivity index (χ1v) is 7.88. The third kappa shape index (κ3) is 6.53. The predicted molar refractivity (Wildman–Crippen MR) is 86.3 cm³/mol. The highest BCUT2D eigenvalue weighted by atomic mass is 79.9. The summed E-state index contributed by atoms with van der Waals surface area (Å²) in [5.41, 5.74) is 1.60. The Morgan fingerprint density at radius 1 is 1.21 bits per heavy atom. The second kappa shape index (κ2) is 7.39. The van der Waals surface area contributed by atoms with E-state index in [2.05, 4.69) is 66.9 Å². The van der Waals surface area contributed by atoms with Crippen LogP contribution in [0.2, 0.25) is 0 Å². The summed E-state index contributed by atoms with van der Waals surface area (Å²) in [4.78, 5) is 4.26. The third-order valence-corrected chi connectivity index (χ3v) is 3.85. The molecular formula is C16H27BrN2. The van der Waals surface area contributed by atoms with Gasteiger partial charge in [0.25, 0.3) is 0 Å². The van der Waals surface area contributed by atoms with Gasteiger partial charge in [-0.05, 0) is 64.3 Å². The molecule has 0 aromatic carbocycles. The minimum Gasteiger partial charge on any atom is -0.316 e. The highest BCUT2D eigenvalue weighted by molar-refractivity contribution is 9.10. The van der Waals surface area contributed by atoms with Crippen LogP contribution in [-0.2, 0) is 6.42 Å². The van der Waals surface area contributed by atoms with Gasteiger partial charge in [-0.3, -0.25) is 4.98 Å². The van der Waals surface area contributed by atoms with E-state index in [1.54, 1.807) is 0 Å². The van der Waals surface area contributed by atoms with Crippen LogP contribution in [0.15, 0.2) is 22.9 Å². The zero-order valence-corrected chi connectivity index (χ0v) is 14.4. The average Bonchev–Trinajstić information content (AvgIpc) is 2.26. The van der Waals surface area contributed by atoms with E-state index in [4.69, 9.17) is 0 Å². The van der Waals surface area contributed by atoms with Crippen LogP contribution >= 0.6 is 15.9 Å². The number of aromatic nitrogens is 1. The molecule has 0 spiro atoms. The molecule has 0 aliphatic heterocycles. The van der Waals surface area contributed by atoms with Crippen LogP contribution in [-0.4, -0.2) is 18.1 Å². The van der Waals surface area contributed by atoms with E-state index in [9.17, 15) is 0 Å². The third-order valence-electron chi connectivity index (χ3n) is 3.41. The first-order valence-electron chi connectivity index (χ1n) is 7.09. The van der Waals surface area contributed by atoms with Crippen molar-refractivity contribution >= 4 is 15.9 Å². The Hall–Kier alpha value is -0.410. The van der Waals surface area contributed by atoms with E-state index >= 15 is 0 Å². The van der Waals surface area contributed by atoms with Gasteiger partial charge >= 0.3 is 0 Å². The standard InChI is InChI=1S/C16H27BrN2/c1-12(2)8-18-10-14(16(3,4)5)6-13-7-15(17)11-19-9-13/h7,9,11-12,14,18H,6,8,10H2,1-5H3. The summed E-state index contributed by atoms with van der Waals surface area (Å²) in [5, 5.41) is 3.59. The predicted octanol–water partition coefficient (Wildman–Crippen LogP) is 4.29. The van der Waals surface area contributed by atoms with Crippen LogP contribution in [0, 0.1) is 17.3 Å². The molecule has 0 amide bonds. The molecule has 1 unspecified atom stereocenters. The van der Waals surface area contributed by atoms with Gasteiger partial charge < -0.3 is 5.32 Å². The maximum Gasteiger partial charge on any atom is 0.0410 e. The Labute approximate surface area is 126 Å². The smallest absolute Gasteiger partial charge is 0.0410 e. The van der Waals surface area contributed by atoms with Gasteiger partial charge in [-0.1, -0.05) is 34.6 Å². The van der Waals surface area contributed by atoms with Crippen molar-refractivity contribution in [3.63, 3.8) is 0 Å². The van der Waals surface area contributed by atoms with Crippen LogP contribution in [0.5, 0.6) is 0 Å². The number of nitrogens with one attached hydrogen (secondary N) is 1. The lowest BCUT2D eigenvalue weighted by atomic mass is 9.77. The molecule has 1 rings (SSSR count). The SMILES string of the molecule is CC(C)CNCC(Cc1cncc(Br)c1)C(C)(C)C. The van der Waals surface area contributed by atoms with E-state index in [-0.39, 0.29) is 0 Å². The van der Waals surface area contributed by atoms with Gasteiger partial charge in [-0.2, -0.15) is 0 Å². The van der Waals surface area contributed by atoms with E-state index in [0.717, 1.165) is 24.0 Å². The number of hydrogen-bond donors (Lipinski definition) is 1. The van der Waals surface area contributed by atoms with Gasteiger partial charge in [-0.25, -0.2) is 0 Å². The Balaban J connectivity index is 2.65. The summed E-state index contributed by atoms with van der Waals surface area (Å²) in [7, 11) is 0. The van der Waals surface area contributed by atoms with E-state index in [1.807, 2.05) is 12.4 Å². The molecule has 1 N–H and O–H groups in total. The second-order valence-corrected chi connectivity index (χ2v) is 7.75. The van der Waals surface area contributed by atoms with Gasteiger partial charge in [0.05, 0.1) is 0 Å². The van der Waals surface area contributed by atoms with Gasteiger partial charge in [0.15, 0.2) is 0 Å². The van der Waals surface area contributed by atoms with Crippen LogP contribution in [0.25, 0.3) is 0 Å². The maximum absolute atomic E-state index is 4.26. The fourth-order valence-corrected chi connectivity index (χ4v) is 2.50. The summed E-state index contributed by atoms with van der Waals surface area (Å²) in [6, 6.07) is 2.17. The van der Waals surface area contributed by atoms with Crippen LogP contribution in [0.3, 0.4) is 0 Å². The zero-order valence-electron chi connectivity index (χ0n) is 12.8. The number of nitrogens with zero attached hydrogens (tertiary/aromatic N) is 1. The van der Waals surface area contributed by atoms with Crippen molar-refractivity contribution in [1.82, 2.24) is 10.3 Å². The Morgan fingerprint density at radius 3 is 2.42 bits per heavy atom. The number of pyridine rings is 1. The largest absolute Gasteiger partial charge is 0.316 e. The van der Waals surface area contributed by atoms with E-state index < -0.39 is 0 Å². The summed E-state index contributed by atoms with van der Waals surface area (Å²) >= 11 is 3.50. The van der Waals surface area contributed by atoms with Crippen LogP contribution in [0.4, 0.5) is 0 Å². The fraction of sp³-hybridized carbons (Fsp3) is 0.688. The Bertz CT molecular complexity index is 383. The highest BCUT2D eigenvalue weighted by Crippen LogP contribution is 2.29. The van der Waals surface area contributed by atoms with Gasteiger partial charge in [-0.15, -0.1) is 0 Å². The molecule has 2 nitrogen and oxygen atoms in total. The number of rotatable bonds is 6. The molecule has 1 aromatic heterocycles. The van der Waals surface area contributed by atoms with Crippen molar-refractivity contribution in [2.75, 3.05) is 13.1 Å². The molecule has 0 saturated heterocycles. The quantitative estimate of drug-likeness (QED) is 0.843.